The van der Waals surface area contributed by atoms with Crippen molar-refractivity contribution in [2.45, 2.75) is 39.5 Å². The molecule has 2 fully saturated rings. The standard InChI is InChI=1S/C9H9BO4.C4H6/c1-2-3-4-10-7(5-8(11)13-10)6-9(12)14-10;1-3-4-2/h2,5-6H2,1H3;1H,4H2,2H3. The lowest BCUT2D eigenvalue weighted by molar-refractivity contribution is -0.138. The molecule has 5 heteroatoms. The summed E-state index contributed by atoms with van der Waals surface area (Å²) < 4.78 is 10.0. The van der Waals surface area contributed by atoms with Gasteiger partial charge in [-0.2, -0.15) is 5.82 Å². The van der Waals surface area contributed by atoms with Crippen molar-refractivity contribution in [3.8, 4) is 24.1 Å². The van der Waals surface area contributed by atoms with Gasteiger partial charge in [-0.3, -0.25) is 9.59 Å². The molecule has 0 atom stereocenters. The first-order valence-electron chi connectivity index (χ1n) is 5.94. The van der Waals surface area contributed by atoms with Crippen LogP contribution in [0.25, 0.3) is 0 Å². The van der Waals surface area contributed by atoms with Crippen LogP contribution in [-0.2, 0) is 18.9 Å². The molecule has 0 spiro atoms. The Morgan fingerprint density at radius 2 is 1.72 bits per heavy atom. The molecule has 2 aliphatic rings. The highest BCUT2D eigenvalue weighted by Gasteiger charge is 2.64. The van der Waals surface area contributed by atoms with Crippen LogP contribution < -0.4 is 0 Å². The summed E-state index contributed by atoms with van der Waals surface area (Å²) in [5, 5.41) is 0. The smallest absolute Gasteiger partial charge is 0.603 e. The molecule has 2 rings (SSSR count). The average molecular weight is 246 g/mol. The number of hydrogen-bond donors (Lipinski definition) is 0. The molecule has 0 unspecified atom stereocenters. The monoisotopic (exact) mass is 246 g/mol. The molecule has 4 nitrogen and oxygen atoms in total. The SMILES string of the molecule is C#CCC.CCC#C[B-]12OC(=O)C[C+]1CC(=O)O2. The highest BCUT2D eigenvalue weighted by molar-refractivity contribution is 6.86. The van der Waals surface area contributed by atoms with Crippen LogP contribution in [0.4, 0.5) is 0 Å². The van der Waals surface area contributed by atoms with Crippen LogP contribution >= 0.6 is 0 Å². The Hall–Kier alpha value is -2.01. The van der Waals surface area contributed by atoms with E-state index in [9.17, 15) is 9.59 Å². The van der Waals surface area contributed by atoms with Crippen molar-refractivity contribution in [3.05, 3.63) is 5.82 Å². The molecule has 0 saturated carbocycles. The Kier molecular flexibility index (Phi) is 4.74. The van der Waals surface area contributed by atoms with Gasteiger partial charge in [0.2, 0.25) is 0 Å². The first-order chi connectivity index (χ1) is 8.57. The highest BCUT2D eigenvalue weighted by Crippen LogP contribution is 2.39. The minimum Gasteiger partial charge on any atom is -0.603 e. The molecule has 0 aromatic heterocycles. The lowest BCUT2D eigenvalue weighted by atomic mass is 9.49. The van der Waals surface area contributed by atoms with Gasteiger partial charge in [0.1, 0.15) is 12.8 Å². The van der Waals surface area contributed by atoms with Gasteiger partial charge in [0, 0.05) is 18.7 Å². The van der Waals surface area contributed by atoms with Crippen molar-refractivity contribution in [2.24, 2.45) is 0 Å². The third kappa shape index (κ3) is 3.02. The van der Waals surface area contributed by atoms with Crippen LogP contribution in [0.15, 0.2) is 0 Å². The maximum atomic E-state index is 11.0. The van der Waals surface area contributed by atoms with Crippen LogP contribution in [0.3, 0.4) is 0 Å². The van der Waals surface area contributed by atoms with Gasteiger partial charge >= 0.3 is 18.5 Å². The maximum absolute atomic E-state index is 11.0. The highest BCUT2D eigenvalue weighted by atomic mass is 16.7. The van der Waals surface area contributed by atoms with Crippen LogP contribution in [0, 0.1) is 29.9 Å². The second kappa shape index (κ2) is 6.07. The average Bonchev–Trinajstić information content (AvgIpc) is 2.78. The van der Waals surface area contributed by atoms with Crippen molar-refractivity contribution in [1.29, 1.82) is 0 Å². The summed E-state index contributed by atoms with van der Waals surface area (Å²) in [6.07, 6.45) is 6.61. The van der Waals surface area contributed by atoms with Gasteiger partial charge in [-0.1, -0.05) is 13.8 Å². The number of carbonyl (C=O) groups is 2. The van der Waals surface area contributed by atoms with E-state index in [0.29, 0.717) is 12.2 Å². The van der Waals surface area contributed by atoms with Gasteiger partial charge in [-0.05, 0) is 0 Å². The van der Waals surface area contributed by atoms with Gasteiger partial charge in [0.05, 0.1) is 0 Å². The van der Waals surface area contributed by atoms with Crippen molar-refractivity contribution in [3.63, 3.8) is 0 Å². The third-order valence-corrected chi connectivity index (χ3v) is 2.55. The van der Waals surface area contributed by atoms with Gasteiger partial charge < -0.3 is 9.31 Å². The molecule has 0 aliphatic carbocycles. The molecule has 0 aromatic rings. The summed E-state index contributed by atoms with van der Waals surface area (Å²) in [6, 6.07) is 0. The van der Waals surface area contributed by atoms with Crippen LogP contribution in [0.5, 0.6) is 0 Å². The minimum absolute atomic E-state index is 0.171. The fourth-order valence-electron chi connectivity index (χ4n) is 1.74. The van der Waals surface area contributed by atoms with E-state index in [1.165, 1.54) is 0 Å². The molecule has 2 aliphatic heterocycles. The molecule has 0 aromatic carbocycles. The molecule has 0 N–H and O–H groups in total. The molecule has 0 bridgehead atoms. The van der Waals surface area contributed by atoms with Gasteiger partial charge in [-0.15, -0.1) is 18.3 Å². The van der Waals surface area contributed by atoms with Gasteiger partial charge in [0.25, 0.3) is 0 Å². The molecular formula is C13H15BO4. The predicted molar refractivity (Wildman–Crippen MR) is 67.6 cm³/mol. The molecule has 94 valence electrons. The number of rotatable bonds is 0. The van der Waals surface area contributed by atoms with E-state index >= 15 is 0 Å². The molecule has 0 radical (unpaired) electrons. The molecular weight excluding hydrogens is 231 g/mol. The van der Waals surface area contributed by atoms with E-state index in [0.717, 1.165) is 6.42 Å². The topological polar surface area (TPSA) is 52.6 Å². The second-order valence-corrected chi connectivity index (χ2v) is 3.94. The lowest BCUT2D eigenvalue weighted by Gasteiger charge is -2.17. The molecule has 0 amide bonds. The largest absolute Gasteiger partial charge is 0.633 e. The fourth-order valence-corrected chi connectivity index (χ4v) is 1.74. The van der Waals surface area contributed by atoms with Crippen LogP contribution in [0.2, 0.25) is 0 Å². The second-order valence-electron chi connectivity index (χ2n) is 3.94. The van der Waals surface area contributed by atoms with E-state index in [1.54, 1.807) is 0 Å². The van der Waals surface area contributed by atoms with Crippen molar-refractivity contribution in [2.75, 3.05) is 0 Å². The Labute approximate surface area is 107 Å². The summed E-state index contributed by atoms with van der Waals surface area (Å²) in [4.78, 5) is 22.1. The maximum Gasteiger partial charge on any atom is 0.633 e. The first-order valence-corrected chi connectivity index (χ1v) is 5.94. The predicted octanol–water partition coefficient (Wildman–Crippen LogP) is 1.42. The van der Waals surface area contributed by atoms with E-state index in [1.807, 2.05) is 13.8 Å². The Balaban J connectivity index is 0.000000357. The normalized spacial score (nSPS) is 18.4. The first kappa shape index (κ1) is 14.1. The number of carbonyl (C=O) groups excluding carboxylic acids is 2. The van der Waals surface area contributed by atoms with E-state index < -0.39 is 6.55 Å². The Morgan fingerprint density at radius 1 is 1.22 bits per heavy atom. The number of fused-ring (bicyclic) bond motifs is 1. The lowest BCUT2D eigenvalue weighted by Crippen LogP contribution is -2.38. The number of terminal acetylenes is 1. The Bertz CT molecular complexity index is 418. The summed E-state index contributed by atoms with van der Waals surface area (Å²) in [5.41, 5.74) is 0. The van der Waals surface area contributed by atoms with Crippen molar-refractivity contribution < 1.29 is 18.9 Å². The summed E-state index contributed by atoms with van der Waals surface area (Å²) in [5.74, 6) is 7.98. The zero-order valence-electron chi connectivity index (χ0n) is 10.6. The third-order valence-electron chi connectivity index (χ3n) is 2.55. The van der Waals surface area contributed by atoms with E-state index in [2.05, 4.69) is 17.7 Å². The quantitative estimate of drug-likeness (QED) is 0.368. The van der Waals surface area contributed by atoms with E-state index in [4.69, 9.17) is 15.7 Å². The summed E-state index contributed by atoms with van der Waals surface area (Å²) in [6.45, 7) is 1.79. The van der Waals surface area contributed by atoms with E-state index in [-0.39, 0.29) is 24.8 Å². The fraction of sp³-hybridized carbons (Fsp3) is 0.462. The zero-order chi connectivity index (χ0) is 13.6. The van der Waals surface area contributed by atoms with Gasteiger partial charge in [-0.25, -0.2) is 0 Å². The zero-order valence-corrected chi connectivity index (χ0v) is 10.6. The minimum atomic E-state index is -2.04. The van der Waals surface area contributed by atoms with Crippen molar-refractivity contribution >= 4 is 18.5 Å². The molecule has 2 saturated heterocycles. The van der Waals surface area contributed by atoms with Crippen LogP contribution in [-0.4, -0.2) is 18.5 Å². The Morgan fingerprint density at radius 3 is 2.11 bits per heavy atom. The van der Waals surface area contributed by atoms with Crippen LogP contribution in [0.1, 0.15) is 39.5 Å². The van der Waals surface area contributed by atoms with Gasteiger partial charge in [0.15, 0.2) is 0 Å². The molecule has 2 heterocycles. The molecule has 18 heavy (non-hydrogen) atoms. The number of hydrogen-bond acceptors (Lipinski definition) is 4. The summed E-state index contributed by atoms with van der Waals surface area (Å²) in [7, 11) is 0. The van der Waals surface area contributed by atoms with Crippen molar-refractivity contribution in [1.82, 2.24) is 0 Å². The summed E-state index contributed by atoms with van der Waals surface area (Å²) >= 11 is 0.